The summed E-state index contributed by atoms with van der Waals surface area (Å²) in [6.07, 6.45) is 1.89. The number of carbonyl (C=O) groups is 1. The van der Waals surface area contributed by atoms with Gasteiger partial charge in [-0.2, -0.15) is 0 Å². The molecule has 1 aromatic carbocycles. The minimum absolute atomic E-state index is 0.264. The van der Waals surface area contributed by atoms with E-state index >= 15 is 0 Å². The Morgan fingerprint density at radius 2 is 2.00 bits per heavy atom. The van der Waals surface area contributed by atoms with Gasteiger partial charge in [0, 0.05) is 7.11 Å². The number of hydrogen-bond acceptors (Lipinski definition) is 2. The maximum absolute atomic E-state index is 13.8. The van der Waals surface area contributed by atoms with Crippen molar-refractivity contribution in [1.29, 1.82) is 0 Å². The van der Waals surface area contributed by atoms with Crippen molar-refractivity contribution in [2.75, 3.05) is 7.11 Å². The van der Waals surface area contributed by atoms with Gasteiger partial charge in [0.05, 0.1) is 5.56 Å². The molecule has 0 bridgehead atoms. The van der Waals surface area contributed by atoms with Gasteiger partial charge in [-0.15, -0.1) is 0 Å². The van der Waals surface area contributed by atoms with Crippen molar-refractivity contribution in [3.63, 3.8) is 0 Å². The first kappa shape index (κ1) is 12.2. The predicted octanol–water partition coefficient (Wildman–Crippen LogP) is 3.03. The van der Waals surface area contributed by atoms with Gasteiger partial charge in [0.1, 0.15) is 17.2 Å². The fraction of sp³-hybridized carbons (Fsp3) is 0.462. The molecular formula is C13H14F2O2. The number of hydrogen-bond donors (Lipinski definition) is 0. The molecule has 0 aromatic heterocycles. The lowest BCUT2D eigenvalue weighted by molar-refractivity contribution is -0.0453. The fourth-order valence-corrected chi connectivity index (χ4v) is 2.11. The SMILES string of the molecule is COC1(C(=O)c2c(F)ccc(C)c2F)CCC1. The Balaban J connectivity index is 2.47. The topological polar surface area (TPSA) is 26.3 Å². The van der Waals surface area contributed by atoms with Crippen molar-refractivity contribution < 1.29 is 18.3 Å². The van der Waals surface area contributed by atoms with Crippen LogP contribution in [0.2, 0.25) is 0 Å². The standard InChI is InChI=1S/C13H14F2O2/c1-8-4-5-9(14)10(11(8)15)12(16)13(17-2)6-3-7-13/h4-5H,3,6-7H2,1-2H3. The van der Waals surface area contributed by atoms with E-state index in [2.05, 4.69) is 0 Å². The highest BCUT2D eigenvalue weighted by Crippen LogP contribution is 2.39. The Kier molecular flexibility index (Phi) is 3.00. The average molecular weight is 240 g/mol. The molecule has 0 N–H and O–H groups in total. The number of rotatable bonds is 3. The Morgan fingerprint density at radius 1 is 1.35 bits per heavy atom. The monoisotopic (exact) mass is 240 g/mol. The summed E-state index contributed by atoms with van der Waals surface area (Å²) in [4.78, 5) is 12.2. The zero-order valence-corrected chi connectivity index (χ0v) is 9.85. The number of ketones is 1. The van der Waals surface area contributed by atoms with Crippen LogP contribution >= 0.6 is 0 Å². The first-order valence-electron chi connectivity index (χ1n) is 5.56. The van der Waals surface area contributed by atoms with Crippen molar-refractivity contribution in [1.82, 2.24) is 0 Å². The van der Waals surface area contributed by atoms with Crippen LogP contribution in [0.25, 0.3) is 0 Å². The minimum Gasteiger partial charge on any atom is -0.370 e. The Bertz CT molecular complexity index is 459. The van der Waals surface area contributed by atoms with Crippen LogP contribution in [0.15, 0.2) is 12.1 Å². The third kappa shape index (κ3) is 1.76. The first-order valence-corrected chi connectivity index (χ1v) is 5.56. The molecule has 2 rings (SSSR count). The van der Waals surface area contributed by atoms with E-state index < -0.39 is 28.6 Å². The second kappa shape index (κ2) is 4.18. The molecule has 0 aliphatic heterocycles. The van der Waals surface area contributed by atoms with Gasteiger partial charge in [-0.25, -0.2) is 8.78 Å². The molecular weight excluding hydrogens is 226 g/mol. The number of ether oxygens (including phenoxy) is 1. The summed E-state index contributed by atoms with van der Waals surface area (Å²) in [5.41, 5.74) is -1.22. The normalized spacial score (nSPS) is 17.6. The molecule has 1 aliphatic rings. The molecule has 0 unspecified atom stereocenters. The molecule has 0 amide bonds. The van der Waals surface area contributed by atoms with Crippen LogP contribution in [-0.4, -0.2) is 18.5 Å². The Hall–Kier alpha value is -1.29. The van der Waals surface area contributed by atoms with E-state index in [1.54, 1.807) is 0 Å². The second-order valence-corrected chi connectivity index (χ2v) is 4.43. The predicted molar refractivity (Wildman–Crippen MR) is 59.0 cm³/mol. The molecule has 2 nitrogen and oxygen atoms in total. The molecule has 92 valence electrons. The lowest BCUT2D eigenvalue weighted by Crippen LogP contribution is -2.47. The number of methoxy groups -OCH3 is 1. The highest BCUT2D eigenvalue weighted by Gasteiger charge is 2.46. The van der Waals surface area contributed by atoms with Crippen LogP contribution in [0.3, 0.4) is 0 Å². The van der Waals surface area contributed by atoms with Crippen LogP contribution in [0.5, 0.6) is 0 Å². The Morgan fingerprint density at radius 3 is 2.47 bits per heavy atom. The van der Waals surface area contributed by atoms with Gasteiger partial charge < -0.3 is 4.74 Å². The molecule has 1 aromatic rings. The first-order chi connectivity index (χ1) is 8.02. The average Bonchev–Trinajstić information content (AvgIpc) is 2.23. The summed E-state index contributed by atoms with van der Waals surface area (Å²) < 4.78 is 32.6. The quantitative estimate of drug-likeness (QED) is 0.759. The van der Waals surface area contributed by atoms with Crippen LogP contribution < -0.4 is 0 Å². The Labute approximate surface area is 98.6 Å². The summed E-state index contributed by atoms with van der Waals surface area (Å²) >= 11 is 0. The third-order valence-electron chi connectivity index (χ3n) is 3.48. The van der Waals surface area contributed by atoms with Crippen LogP contribution in [-0.2, 0) is 4.74 Å². The van der Waals surface area contributed by atoms with E-state index in [1.165, 1.54) is 20.1 Å². The summed E-state index contributed by atoms with van der Waals surface area (Å²) in [6, 6.07) is 2.44. The van der Waals surface area contributed by atoms with E-state index in [0.717, 1.165) is 12.5 Å². The molecule has 0 saturated heterocycles. The summed E-state index contributed by atoms with van der Waals surface area (Å²) in [5, 5.41) is 0. The molecule has 1 fully saturated rings. The van der Waals surface area contributed by atoms with Gasteiger partial charge in [-0.1, -0.05) is 6.07 Å². The molecule has 0 spiro atoms. The minimum atomic E-state index is -1.02. The van der Waals surface area contributed by atoms with Crippen molar-refractivity contribution in [3.05, 3.63) is 34.9 Å². The van der Waals surface area contributed by atoms with Gasteiger partial charge in [-0.05, 0) is 37.8 Å². The maximum atomic E-state index is 13.8. The summed E-state index contributed by atoms with van der Waals surface area (Å²) in [7, 11) is 1.41. The number of halogens is 2. The summed E-state index contributed by atoms with van der Waals surface area (Å²) in [6.45, 7) is 1.51. The zero-order valence-electron chi connectivity index (χ0n) is 9.85. The van der Waals surface area contributed by atoms with Crippen molar-refractivity contribution in [2.45, 2.75) is 31.8 Å². The van der Waals surface area contributed by atoms with Gasteiger partial charge in [0.25, 0.3) is 0 Å². The number of Topliss-reactive ketones (excluding diaryl/α,β-unsaturated/α-hetero) is 1. The third-order valence-corrected chi connectivity index (χ3v) is 3.48. The molecule has 17 heavy (non-hydrogen) atoms. The molecule has 4 heteroatoms. The van der Waals surface area contributed by atoms with Crippen LogP contribution in [0, 0.1) is 18.6 Å². The van der Waals surface area contributed by atoms with E-state index in [1.807, 2.05) is 0 Å². The van der Waals surface area contributed by atoms with Gasteiger partial charge in [0.2, 0.25) is 5.78 Å². The number of carbonyl (C=O) groups excluding carboxylic acids is 1. The lowest BCUT2D eigenvalue weighted by Gasteiger charge is -2.38. The summed E-state index contributed by atoms with van der Waals surface area (Å²) in [5.74, 6) is -2.18. The maximum Gasteiger partial charge on any atom is 0.200 e. The largest absolute Gasteiger partial charge is 0.370 e. The van der Waals surface area contributed by atoms with Crippen molar-refractivity contribution in [2.24, 2.45) is 0 Å². The lowest BCUT2D eigenvalue weighted by atomic mass is 9.74. The number of benzene rings is 1. The highest BCUT2D eigenvalue weighted by molar-refractivity contribution is 6.03. The van der Waals surface area contributed by atoms with Gasteiger partial charge >= 0.3 is 0 Å². The van der Waals surface area contributed by atoms with E-state index in [4.69, 9.17) is 4.74 Å². The van der Waals surface area contributed by atoms with Gasteiger partial charge in [-0.3, -0.25) is 4.79 Å². The van der Waals surface area contributed by atoms with Gasteiger partial charge in [0.15, 0.2) is 0 Å². The second-order valence-electron chi connectivity index (χ2n) is 4.43. The van der Waals surface area contributed by atoms with Crippen LogP contribution in [0.1, 0.15) is 35.2 Å². The van der Waals surface area contributed by atoms with E-state index in [9.17, 15) is 13.6 Å². The molecule has 1 aliphatic carbocycles. The zero-order chi connectivity index (χ0) is 12.6. The molecule has 0 heterocycles. The van der Waals surface area contributed by atoms with Crippen molar-refractivity contribution in [3.8, 4) is 0 Å². The highest BCUT2D eigenvalue weighted by atomic mass is 19.1. The molecule has 1 saturated carbocycles. The van der Waals surface area contributed by atoms with Crippen molar-refractivity contribution >= 4 is 5.78 Å². The fourth-order valence-electron chi connectivity index (χ4n) is 2.11. The van der Waals surface area contributed by atoms with Crippen LogP contribution in [0.4, 0.5) is 8.78 Å². The smallest absolute Gasteiger partial charge is 0.200 e. The molecule has 0 radical (unpaired) electrons. The van der Waals surface area contributed by atoms with E-state index in [0.29, 0.717) is 12.8 Å². The number of aryl methyl sites for hydroxylation is 1. The molecule has 0 atom stereocenters. The van der Waals surface area contributed by atoms with E-state index in [-0.39, 0.29) is 5.56 Å².